The number of nitrogens with zero attached hydrogens (tertiary/aromatic N) is 3. The quantitative estimate of drug-likeness (QED) is 0.578. The Morgan fingerprint density at radius 1 is 1.61 bits per heavy atom. The topological polar surface area (TPSA) is 93.4 Å². The van der Waals surface area contributed by atoms with Crippen molar-refractivity contribution in [2.75, 3.05) is 25.6 Å². The monoisotopic (exact) mass is 251 g/mol. The summed E-state index contributed by atoms with van der Waals surface area (Å²) in [7, 11) is 1.74. The van der Waals surface area contributed by atoms with E-state index in [2.05, 4.69) is 15.4 Å². The second kappa shape index (κ2) is 5.74. The molecule has 2 rings (SSSR count). The van der Waals surface area contributed by atoms with Gasteiger partial charge in [0, 0.05) is 20.2 Å². The summed E-state index contributed by atoms with van der Waals surface area (Å²) in [6.07, 6.45) is 5.02. The highest BCUT2D eigenvalue weighted by molar-refractivity contribution is 5.91. The number of nitrogens with two attached hydrogens (primary N) is 1. The third kappa shape index (κ3) is 2.93. The summed E-state index contributed by atoms with van der Waals surface area (Å²) in [6.45, 7) is 1.36. The number of aromatic nitrogens is 2. The zero-order valence-electron chi connectivity index (χ0n) is 10.3. The third-order valence-electron chi connectivity index (χ3n) is 2.87. The summed E-state index contributed by atoms with van der Waals surface area (Å²) >= 11 is 0. The molecule has 7 nitrogen and oxygen atoms in total. The fraction of sp³-hybridized carbons (Fsp3) is 0.545. The predicted molar refractivity (Wildman–Crippen MR) is 65.8 cm³/mol. The average molecular weight is 251 g/mol. The van der Waals surface area contributed by atoms with E-state index in [-0.39, 0.29) is 12.0 Å². The van der Waals surface area contributed by atoms with Gasteiger partial charge in [-0.25, -0.2) is 15.8 Å². The summed E-state index contributed by atoms with van der Waals surface area (Å²) in [5.41, 5.74) is 2.66. The maximum Gasteiger partial charge on any atom is 0.273 e. The fourth-order valence-electron chi connectivity index (χ4n) is 1.89. The SMILES string of the molecule is CN(CC1CCCO1)C(=O)c1cnc(NN)cn1. The molecule has 1 saturated heterocycles. The number of hydrogen-bond donors (Lipinski definition) is 2. The Labute approximate surface area is 105 Å². The molecule has 1 unspecified atom stereocenters. The number of nitrogens with one attached hydrogen (secondary N) is 1. The van der Waals surface area contributed by atoms with Gasteiger partial charge in [0.15, 0.2) is 5.82 Å². The van der Waals surface area contributed by atoms with Crippen LogP contribution in [0.1, 0.15) is 23.3 Å². The number of likely N-dealkylation sites (N-methyl/N-ethyl adjacent to an activating group) is 1. The minimum atomic E-state index is -0.165. The minimum Gasteiger partial charge on any atom is -0.376 e. The molecular formula is C11H17N5O2. The molecule has 3 N–H and O–H groups in total. The number of amides is 1. The summed E-state index contributed by atoms with van der Waals surface area (Å²) < 4.78 is 5.49. The first kappa shape index (κ1) is 12.7. The van der Waals surface area contributed by atoms with Crippen LogP contribution >= 0.6 is 0 Å². The third-order valence-corrected chi connectivity index (χ3v) is 2.87. The Hall–Kier alpha value is -1.73. The van der Waals surface area contributed by atoms with Gasteiger partial charge in [0.2, 0.25) is 0 Å². The molecule has 0 spiro atoms. The van der Waals surface area contributed by atoms with E-state index in [1.807, 2.05) is 0 Å². The molecule has 18 heavy (non-hydrogen) atoms. The van der Waals surface area contributed by atoms with Gasteiger partial charge in [0.1, 0.15) is 5.69 Å². The Morgan fingerprint density at radius 3 is 3.00 bits per heavy atom. The van der Waals surface area contributed by atoms with E-state index >= 15 is 0 Å². The second-order valence-corrected chi connectivity index (χ2v) is 4.25. The molecule has 0 saturated carbocycles. The maximum atomic E-state index is 12.0. The summed E-state index contributed by atoms with van der Waals surface area (Å²) in [5.74, 6) is 5.44. The van der Waals surface area contributed by atoms with Crippen molar-refractivity contribution in [1.82, 2.24) is 14.9 Å². The van der Waals surface area contributed by atoms with Crippen LogP contribution in [0.5, 0.6) is 0 Å². The molecule has 1 aromatic rings. The molecule has 7 heteroatoms. The van der Waals surface area contributed by atoms with E-state index in [4.69, 9.17) is 10.6 Å². The standard InChI is InChI=1S/C11H17N5O2/c1-16(7-8-3-2-4-18-8)11(17)9-5-14-10(15-12)6-13-9/h5-6,8H,2-4,7,12H2,1H3,(H,14,15). The van der Waals surface area contributed by atoms with Gasteiger partial charge >= 0.3 is 0 Å². The van der Waals surface area contributed by atoms with Crippen molar-refractivity contribution in [2.45, 2.75) is 18.9 Å². The van der Waals surface area contributed by atoms with E-state index in [1.165, 1.54) is 12.4 Å². The van der Waals surface area contributed by atoms with Crippen LogP contribution < -0.4 is 11.3 Å². The minimum absolute atomic E-state index is 0.136. The number of hydrogen-bond acceptors (Lipinski definition) is 6. The molecule has 1 aromatic heterocycles. The molecule has 1 atom stereocenters. The van der Waals surface area contributed by atoms with Crippen molar-refractivity contribution in [3.8, 4) is 0 Å². The Morgan fingerprint density at radius 2 is 2.44 bits per heavy atom. The smallest absolute Gasteiger partial charge is 0.273 e. The van der Waals surface area contributed by atoms with Crippen molar-refractivity contribution >= 4 is 11.7 Å². The molecule has 1 amide bonds. The van der Waals surface area contributed by atoms with Crippen molar-refractivity contribution < 1.29 is 9.53 Å². The van der Waals surface area contributed by atoms with Gasteiger partial charge in [-0.3, -0.25) is 4.79 Å². The van der Waals surface area contributed by atoms with Crippen LogP contribution in [-0.2, 0) is 4.74 Å². The van der Waals surface area contributed by atoms with Gasteiger partial charge in [0.05, 0.1) is 18.5 Å². The lowest BCUT2D eigenvalue weighted by molar-refractivity contribution is 0.0582. The number of nitrogen functional groups attached to an aromatic ring is 1. The maximum absolute atomic E-state index is 12.0. The van der Waals surface area contributed by atoms with Gasteiger partial charge in [-0.05, 0) is 12.8 Å². The second-order valence-electron chi connectivity index (χ2n) is 4.25. The zero-order valence-corrected chi connectivity index (χ0v) is 10.3. The fourth-order valence-corrected chi connectivity index (χ4v) is 1.89. The van der Waals surface area contributed by atoms with Gasteiger partial charge in [0.25, 0.3) is 5.91 Å². The highest BCUT2D eigenvalue weighted by atomic mass is 16.5. The summed E-state index contributed by atoms with van der Waals surface area (Å²) in [6, 6.07) is 0. The lowest BCUT2D eigenvalue weighted by atomic mass is 10.2. The molecule has 1 aliphatic rings. The van der Waals surface area contributed by atoms with E-state index in [0.29, 0.717) is 18.1 Å². The van der Waals surface area contributed by atoms with Crippen molar-refractivity contribution in [3.05, 3.63) is 18.1 Å². The van der Waals surface area contributed by atoms with Crippen molar-refractivity contribution in [2.24, 2.45) is 5.84 Å². The van der Waals surface area contributed by atoms with Crippen LogP contribution in [0.25, 0.3) is 0 Å². The first-order chi connectivity index (χ1) is 8.70. The number of anilines is 1. The van der Waals surface area contributed by atoms with Crippen LogP contribution in [0.15, 0.2) is 12.4 Å². The van der Waals surface area contributed by atoms with Crippen LogP contribution in [0.3, 0.4) is 0 Å². The molecule has 0 aliphatic carbocycles. The van der Waals surface area contributed by atoms with Gasteiger partial charge < -0.3 is 15.1 Å². The van der Waals surface area contributed by atoms with Crippen LogP contribution in [0, 0.1) is 0 Å². The number of rotatable bonds is 4. The highest BCUT2D eigenvalue weighted by Gasteiger charge is 2.21. The summed E-state index contributed by atoms with van der Waals surface area (Å²) in [5, 5.41) is 0. The van der Waals surface area contributed by atoms with Gasteiger partial charge in [-0.15, -0.1) is 0 Å². The van der Waals surface area contributed by atoms with E-state index in [1.54, 1.807) is 11.9 Å². The Balaban J connectivity index is 1.95. The van der Waals surface area contributed by atoms with Crippen LogP contribution in [0.4, 0.5) is 5.82 Å². The van der Waals surface area contributed by atoms with E-state index in [0.717, 1.165) is 19.4 Å². The lowest BCUT2D eigenvalue weighted by Gasteiger charge is -2.20. The molecule has 1 aliphatic heterocycles. The number of carbonyl (C=O) groups excluding carboxylic acids is 1. The van der Waals surface area contributed by atoms with Crippen LogP contribution in [0.2, 0.25) is 0 Å². The average Bonchev–Trinajstić information content (AvgIpc) is 2.91. The molecule has 0 aromatic carbocycles. The molecule has 1 fully saturated rings. The molecular weight excluding hydrogens is 234 g/mol. The number of ether oxygens (including phenoxy) is 1. The van der Waals surface area contributed by atoms with Crippen molar-refractivity contribution in [1.29, 1.82) is 0 Å². The molecule has 98 valence electrons. The number of carbonyl (C=O) groups is 1. The van der Waals surface area contributed by atoms with Crippen LogP contribution in [-0.4, -0.2) is 47.1 Å². The highest BCUT2D eigenvalue weighted by Crippen LogP contribution is 2.13. The van der Waals surface area contributed by atoms with E-state index < -0.39 is 0 Å². The number of hydrazine groups is 1. The van der Waals surface area contributed by atoms with Gasteiger partial charge in [-0.2, -0.15) is 0 Å². The molecule has 0 radical (unpaired) electrons. The van der Waals surface area contributed by atoms with Crippen molar-refractivity contribution in [3.63, 3.8) is 0 Å². The Bertz CT molecular complexity index is 402. The first-order valence-corrected chi connectivity index (χ1v) is 5.86. The normalized spacial score (nSPS) is 18.7. The predicted octanol–water partition coefficient (Wildman–Crippen LogP) is 0.0132. The van der Waals surface area contributed by atoms with E-state index in [9.17, 15) is 4.79 Å². The molecule has 0 bridgehead atoms. The van der Waals surface area contributed by atoms with Gasteiger partial charge in [-0.1, -0.05) is 0 Å². The largest absolute Gasteiger partial charge is 0.376 e. The molecule has 2 heterocycles. The Kier molecular flexibility index (Phi) is 4.06. The first-order valence-electron chi connectivity index (χ1n) is 5.86. The summed E-state index contributed by atoms with van der Waals surface area (Å²) in [4.78, 5) is 21.6. The lowest BCUT2D eigenvalue weighted by Crippen LogP contribution is -2.34. The zero-order chi connectivity index (χ0) is 13.0.